The van der Waals surface area contributed by atoms with Crippen LogP contribution in [0.5, 0.6) is 0 Å². The molecule has 48 heavy (non-hydrogen) atoms. The number of para-hydroxylation sites is 1. The molecule has 0 saturated heterocycles. The number of fused-ring (bicyclic) bond motifs is 4. The highest BCUT2D eigenvalue weighted by atomic mass is 16.3. The molecule has 0 fully saturated rings. The summed E-state index contributed by atoms with van der Waals surface area (Å²) in [4.78, 5) is 2.31. The van der Waals surface area contributed by atoms with E-state index in [1.54, 1.807) is 0 Å². The quantitative estimate of drug-likeness (QED) is 0.185. The number of benzene rings is 8. The largest absolute Gasteiger partial charge is 0.454 e. The van der Waals surface area contributed by atoms with Gasteiger partial charge in [0.2, 0.25) is 0 Å². The third kappa shape index (κ3) is 4.83. The molecule has 0 aliphatic carbocycles. The average Bonchev–Trinajstić information content (AvgIpc) is 3.56. The van der Waals surface area contributed by atoms with Gasteiger partial charge >= 0.3 is 0 Å². The molecule has 0 aliphatic heterocycles. The average molecular weight is 614 g/mol. The fourth-order valence-electron chi connectivity index (χ4n) is 7.00. The molecule has 0 spiro atoms. The summed E-state index contributed by atoms with van der Waals surface area (Å²) < 4.78 is 6.76. The monoisotopic (exact) mass is 613 g/mol. The maximum absolute atomic E-state index is 6.76. The van der Waals surface area contributed by atoms with Gasteiger partial charge in [-0.1, -0.05) is 152 Å². The van der Waals surface area contributed by atoms with Gasteiger partial charge in [0.05, 0.1) is 5.69 Å². The highest BCUT2D eigenvalue weighted by molar-refractivity contribution is 6.15. The first-order chi connectivity index (χ1) is 23.8. The van der Waals surface area contributed by atoms with Crippen molar-refractivity contribution in [2.45, 2.75) is 0 Å². The second-order valence-electron chi connectivity index (χ2n) is 12.1. The molecule has 0 radical (unpaired) electrons. The molecule has 0 unspecified atom stereocenters. The van der Waals surface area contributed by atoms with Crippen LogP contribution in [0, 0.1) is 0 Å². The van der Waals surface area contributed by atoms with Crippen LogP contribution in [-0.2, 0) is 0 Å². The summed E-state index contributed by atoms with van der Waals surface area (Å²) in [6, 6.07) is 66.7. The van der Waals surface area contributed by atoms with Crippen LogP contribution in [0.15, 0.2) is 192 Å². The third-order valence-corrected chi connectivity index (χ3v) is 9.29. The Labute approximate surface area is 279 Å². The SMILES string of the molecule is c1ccc(-c2ccc(N(c3ccc(-c4cccc5ccccc45)cc3)c3cccc4c3oc3cccc(-c5ccccc5)c34)cc2)cc1. The van der Waals surface area contributed by atoms with Crippen LogP contribution in [-0.4, -0.2) is 0 Å². The smallest absolute Gasteiger partial charge is 0.159 e. The number of rotatable bonds is 6. The Morgan fingerprint density at radius 3 is 1.62 bits per heavy atom. The Hall–Kier alpha value is -6.38. The number of hydrogen-bond acceptors (Lipinski definition) is 2. The lowest BCUT2D eigenvalue weighted by molar-refractivity contribution is 0.669. The summed E-state index contributed by atoms with van der Waals surface area (Å²) in [6.45, 7) is 0. The van der Waals surface area contributed by atoms with E-state index in [-0.39, 0.29) is 0 Å². The Morgan fingerprint density at radius 1 is 0.354 bits per heavy atom. The van der Waals surface area contributed by atoms with Gasteiger partial charge in [-0.05, 0) is 80.6 Å². The van der Waals surface area contributed by atoms with E-state index in [2.05, 4.69) is 193 Å². The minimum Gasteiger partial charge on any atom is -0.454 e. The molecule has 0 aliphatic rings. The van der Waals surface area contributed by atoms with Gasteiger partial charge in [0.1, 0.15) is 5.58 Å². The zero-order chi connectivity index (χ0) is 31.9. The van der Waals surface area contributed by atoms with Crippen molar-refractivity contribution in [3.05, 3.63) is 188 Å². The summed E-state index contributed by atoms with van der Waals surface area (Å²) >= 11 is 0. The summed E-state index contributed by atoms with van der Waals surface area (Å²) in [6.07, 6.45) is 0. The van der Waals surface area contributed by atoms with Crippen molar-refractivity contribution in [1.29, 1.82) is 0 Å². The van der Waals surface area contributed by atoms with E-state index < -0.39 is 0 Å². The molecule has 8 aromatic carbocycles. The summed E-state index contributed by atoms with van der Waals surface area (Å²) in [5, 5.41) is 4.72. The van der Waals surface area contributed by atoms with Crippen molar-refractivity contribution in [2.75, 3.05) is 4.90 Å². The maximum Gasteiger partial charge on any atom is 0.159 e. The lowest BCUT2D eigenvalue weighted by atomic mass is 9.98. The van der Waals surface area contributed by atoms with Gasteiger partial charge in [-0.15, -0.1) is 0 Å². The molecular weight excluding hydrogens is 583 g/mol. The predicted octanol–water partition coefficient (Wildman–Crippen LogP) is 13.2. The van der Waals surface area contributed by atoms with Crippen molar-refractivity contribution in [2.24, 2.45) is 0 Å². The Morgan fingerprint density at radius 2 is 0.875 bits per heavy atom. The molecule has 9 aromatic rings. The van der Waals surface area contributed by atoms with Gasteiger partial charge < -0.3 is 9.32 Å². The van der Waals surface area contributed by atoms with Crippen LogP contribution >= 0.6 is 0 Å². The predicted molar refractivity (Wildman–Crippen MR) is 202 cm³/mol. The highest BCUT2D eigenvalue weighted by Gasteiger charge is 2.21. The van der Waals surface area contributed by atoms with E-state index >= 15 is 0 Å². The summed E-state index contributed by atoms with van der Waals surface area (Å²) in [5.74, 6) is 0. The second kappa shape index (κ2) is 11.8. The van der Waals surface area contributed by atoms with Gasteiger partial charge in [0.15, 0.2) is 5.58 Å². The van der Waals surface area contributed by atoms with Gasteiger partial charge in [-0.2, -0.15) is 0 Å². The molecule has 226 valence electrons. The molecule has 0 atom stereocenters. The van der Waals surface area contributed by atoms with Gasteiger partial charge in [0, 0.05) is 22.1 Å². The van der Waals surface area contributed by atoms with E-state index in [0.717, 1.165) is 39.0 Å². The number of anilines is 3. The number of nitrogens with zero attached hydrogens (tertiary/aromatic N) is 1. The standard InChI is InChI=1S/C46H31NO/c1-3-12-32(13-4-1)33-24-28-37(29-25-33)47(38-30-26-36(27-31-38)40-19-9-17-34-16-7-8-18-39(34)40)43-22-10-21-42-45-41(35-14-5-2-6-15-35)20-11-23-44(45)48-46(42)43/h1-31H. The third-order valence-electron chi connectivity index (χ3n) is 9.29. The van der Waals surface area contributed by atoms with Gasteiger partial charge in [0.25, 0.3) is 0 Å². The molecular formula is C46H31NO. The molecule has 2 nitrogen and oxygen atoms in total. The van der Waals surface area contributed by atoms with Gasteiger partial charge in [-0.25, -0.2) is 0 Å². The highest BCUT2D eigenvalue weighted by Crippen LogP contribution is 2.45. The first kappa shape index (κ1) is 27.9. The van der Waals surface area contributed by atoms with E-state index in [9.17, 15) is 0 Å². The van der Waals surface area contributed by atoms with Gasteiger partial charge in [-0.3, -0.25) is 0 Å². The molecule has 1 aromatic heterocycles. The molecule has 1 heterocycles. The Kier molecular flexibility index (Phi) is 6.84. The maximum atomic E-state index is 6.76. The topological polar surface area (TPSA) is 16.4 Å². The lowest BCUT2D eigenvalue weighted by Crippen LogP contribution is -2.10. The van der Waals surface area contributed by atoms with E-state index in [1.165, 1.54) is 44.2 Å². The Bertz CT molecular complexity index is 2530. The molecule has 9 rings (SSSR count). The van der Waals surface area contributed by atoms with Crippen LogP contribution in [0.1, 0.15) is 0 Å². The zero-order valence-corrected chi connectivity index (χ0v) is 26.3. The molecule has 0 amide bonds. The van der Waals surface area contributed by atoms with Crippen LogP contribution in [0.25, 0.3) is 66.1 Å². The number of furan rings is 1. The van der Waals surface area contributed by atoms with Crippen molar-refractivity contribution >= 4 is 49.8 Å². The van der Waals surface area contributed by atoms with Crippen LogP contribution < -0.4 is 4.90 Å². The zero-order valence-electron chi connectivity index (χ0n) is 26.3. The molecule has 2 heteroatoms. The van der Waals surface area contributed by atoms with Crippen molar-refractivity contribution in [3.63, 3.8) is 0 Å². The molecule has 0 saturated carbocycles. The first-order valence-electron chi connectivity index (χ1n) is 16.4. The van der Waals surface area contributed by atoms with Crippen LogP contribution in [0.2, 0.25) is 0 Å². The minimum absolute atomic E-state index is 0.862. The summed E-state index contributed by atoms with van der Waals surface area (Å²) in [7, 11) is 0. The number of hydrogen-bond donors (Lipinski definition) is 0. The van der Waals surface area contributed by atoms with Crippen LogP contribution in [0.3, 0.4) is 0 Å². The van der Waals surface area contributed by atoms with E-state index in [4.69, 9.17) is 4.42 Å². The Balaban J connectivity index is 1.22. The van der Waals surface area contributed by atoms with E-state index in [1.807, 2.05) is 0 Å². The lowest BCUT2D eigenvalue weighted by Gasteiger charge is -2.26. The first-order valence-corrected chi connectivity index (χ1v) is 16.4. The normalized spacial score (nSPS) is 11.3. The second-order valence-corrected chi connectivity index (χ2v) is 12.1. The van der Waals surface area contributed by atoms with Crippen LogP contribution in [0.4, 0.5) is 17.1 Å². The van der Waals surface area contributed by atoms with Crippen molar-refractivity contribution in [1.82, 2.24) is 0 Å². The van der Waals surface area contributed by atoms with Crippen molar-refractivity contribution in [3.8, 4) is 33.4 Å². The van der Waals surface area contributed by atoms with E-state index in [0.29, 0.717) is 0 Å². The van der Waals surface area contributed by atoms with Crippen molar-refractivity contribution < 1.29 is 4.42 Å². The molecule has 0 bridgehead atoms. The minimum atomic E-state index is 0.862. The summed E-state index contributed by atoms with van der Waals surface area (Å²) in [5.41, 5.74) is 12.0. The fourth-order valence-corrected chi connectivity index (χ4v) is 7.00. The molecule has 0 N–H and O–H groups in total. The fraction of sp³-hybridized carbons (Fsp3) is 0.